The molecular weight excluding hydrogens is 462 g/mol. The molecule has 7 N–H and O–H groups in total. The molecule has 36 heavy (non-hydrogen) atoms. The van der Waals surface area contributed by atoms with Crippen LogP contribution < -0.4 is 5.32 Å². The third-order valence-corrected chi connectivity index (χ3v) is 5.92. The molecule has 0 fully saturated rings. The number of carbonyl (C=O) groups excluding carboxylic acids is 1. The number of rotatable bonds is 8. The topological polar surface area (TPSA) is 150 Å². The van der Waals surface area contributed by atoms with Crippen LogP contribution in [0.2, 0.25) is 0 Å². The van der Waals surface area contributed by atoms with Crippen molar-refractivity contribution in [3.8, 4) is 11.5 Å². The van der Waals surface area contributed by atoms with Gasteiger partial charge in [0, 0.05) is 12.1 Å². The van der Waals surface area contributed by atoms with E-state index in [1.54, 1.807) is 24.3 Å². The second-order valence-corrected chi connectivity index (χ2v) is 11.3. The maximum Gasteiger partial charge on any atom is 0.224 e. The number of aliphatic hydroxyl groups excluding tert-OH is 4. The lowest BCUT2D eigenvalue weighted by Gasteiger charge is -2.28. The van der Waals surface area contributed by atoms with Crippen molar-refractivity contribution in [2.24, 2.45) is 5.41 Å². The van der Waals surface area contributed by atoms with Gasteiger partial charge in [0.2, 0.25) is 5.91 Å². The van der Waals surface area contributed by atoms with Gasteiger partial charge in [0.25, 0.3) is 0 Å². The van der Waals surface area contributed by atoms with Gasteiger partial charge in [-0.3, -0.25) is 4.79 Å². The highest BCUT2D eigenvalue weighted by Gasteiger charge is 2.27. The van der Waals surface area contributed by atoms with Crippen LogP contribution in [0.15, 0.2) is 36.4 Å². The monoisotopic (exact) mass is 505 g/mol. The van der Waals surface area contributed by atoms with Gasteiger partial charge in [-0.05, 0) is 58.2 Å². The molecule has 8 heteroatoms. The van der Waals surface area contributed by atoms with Gasteiger partial charge in [-0.1, -0.05) is 53.7 Å². The number of hydrogen-bond acceptors (Lipinski definition) is 7. The van der Waals surface area contributed by atoms with Crippen LogP contribution in [0.1, 0.15) is 64.7 Å². The number of anilines is 1. The van der Waals surface area contributed by atoms with Crippen molar-refractivity contribution in [3.63, 3.8) is 0 Å². The van der Waals surface area contributed by atoms with E-state index in [2.05, 4.69) is 46.9 Å². The number of aromatic hydroxyl groups is 2. The highest BCUT2D eigenvalue weighted by molar-refractivity contribution is 5.90. The first-order chi connectivity index (χ1) is 16.6. The van der Waals surface area contributed by atoms with E-state index in [1.165, 1.54) is 0 Å². The number of phenolic OH excluding ortho intramolecular Hbond substituents is 2. The molecule has 2 aromatic carbocycles. The van der Waals surface area contributed by atoms with E-state index >= 15 is 0 Å². The lowest BCUT2D eigenvalue weighted by Crippen LogP contribution is -2.37. The average Bonchev–Trinajstić information content (AvgIpc) is 2.81. The highest BCUT2D eigenvalue weighted by Crippen LogP contribution is 2.40. The smallest absolute Gasteiger partial charge is 0.224 e. The minimum absolute atomic E-state index is 0.0802. The molecule has 2 rings (SSSR count). The van der Waals surface area contributed by atoms with E-state index in [4.69, 9.17) is 20.4 Å². The maximum atomic E-state index is 12.3. The molecule has 0 heterocycles. The molecule has 8 nitrogen and oxygen atoms in total. The first kappa shape index (κ1) is 31.4. The summed E-state index contributed by atoms with van der Waals surface area (Å²) in [5, 5.41) is 56.9. The van der Waals surface area contributed by atoms with Gasteiger partial charge in [-0.25, -0.2) is 0 Å². The molecule has 0 bridgehead atoms. The molecule has 0 radical (unpaired) electrons. The van der Waals surface area contributed by atoms with Gasteiger partial charge >= 0.3 is 0 Å². The first-order valence-corrected chi connectivity index (χ1v) is 12.0. The molecule has 0 aromatic heterocycles. The van der Waals surface area contributed by atoms with E-state index in [1.807, 2.05) is 12.1 Å². The second kappa shape index (κ2) is 13.1. The van der Waals surface area contributed by atoms with Crippen molar-refractivity contribution in [1.29, 1.82) is 0 Å². The van der Waals surface area contributed by atoms with Crippen molar-refractivity contribution >= 4 is 11.6 Å². The molecule has 0 unspecified atom stereocenters. The van der Waals surface area contributed by atoms with Crippen LogP contribution in [0.4, 0.5) is 5.69 Å². The quantitative estimate of drug-likeness (QED) is 0.272. The predicted octanol–water partition coefficient (Wildman–Crippen LogP) is 3.21. The normalized spacial score (nSPS) is 12.1. The molecule has 0 saturated carbocycles. The zero-order chi connectivity index (χ0) is 27.7. The van der Waals surface area contributed by atoms with E-state index in [0.717, 1.165) is 16.7 Å². The maximum absolute atomic E-state index is 12.3. The Bertz CT molecular complexity index is 916. The Hall–Kier alpha value is -2.65. The van der Waals surface area contributed by atoms with E-state index in [-0.39, 0.29) is 22.5 Å². The van der Waals surface area contributed by atoms with Crippen molar-refractivity contribution in [1.82, 2.24) is 0 Å². The Morgan fingerprint density at radius 1 is 0.750 bits per heavy atom. The van der Waals surface area contributed by atoms with Crippen molar-refractivity contribution < 1.29 is 35.4 Å². The molecule has 202 valence electrons. The average molecular weight is 506 g/mol. The van der Waals surface area contributed by atoms with Crippen LogP contribution in [0.5, 0.6) is 11.5 Å². The summed E-state index contributed by atoms with van der Waals surface area (Å²) >= 11 is 0. The van der Waals surface area contributed by atoms with Crippen molar-refractivity contribution in [2.75, 3.05) is 31.7 Å². The molecule has 0 spiro atoms. The Kier molecular flexibility index (Phi) is 11.4. The summed E-state index contributed by atoms with van der Waals surface area (Å²) in [6.07, 6.45) is 0.940. The Balaban J connectivity index is 0.000000613. The number of nitrogens with one attached hydrogen (secondary N) is 1. The Morgan fingerprint density at radius 2 is 1.17 bits per heavy atom. The van der Waals surface area contributed by atoms with Crippen LogP contribution in [-0.2, 0) is 22.0 Å². The summed E-state index contributed by atoms with van der Waals surface area (Å²) in [6.45, 7) is 10.9. The summed E-state index contributed by atoms with van der Waals surface area (Å²) < 4.78 is 0. The van der Waals surface area contributed by atoms with Crippen LogP contribution in [0.25, 0.3) is 0 Å². The summed E-state index contributed by atoms with van der Waals surface area (Å²) in [5.74, 6) is 0.442. The summed E-state index contributed by atoms with van der Waals surface area (Å²) in [6, 6.07) is 10.4. The third-order valence-electron chi connectivity index (χ3n) is 5.92. The summed E-state index contributed by atoms with van der Waals surface area (Å²) in [7, 11) is 0. The van der Waals surface area contributed by atoms with Gasteiger partial charge in [0.1, 0.15) is 11.5 Å². The van der Waals surface area contributed by atoms with Gasteiger partial charge in [-0.15, -0.1) is 0 Å². The number of phenols is 2. The standard InChI is InChI=1S/C23H31NO3.C5H12O4/c1-22(2,3)18-13-15(14-19(21(18)27)23(4,5)6)7-12-20(26)24-16-8-10-17(25)11-9-16;6-1-5(2-7,3-8)4-9/h8-11,13-14,25,27H,7,12H2,1-6H3,(H,24,26);6-9H,1-4H2. The highest BCUT2D eigenvalue weighted by atomic mass is 16.3. The lowest BCUT2D eigenvalue weighted by molar-refractivity contribution is -0.116. The summed E-state index contributed by atoms with van der Waals surface area (Å²) in [5.41, 5.74) is 2.04. The van der Waals surface area contributed by atoms with Crippen LogP contribution in [0.3, 0.4) is 0 Å². The number of aryl methyl sites for hydroxylation is 1. The number of benzene rings is 2. The Labute approximate surface area is 214 Å². The zero-order valence-corrected chi connectivity index (χ0v) is 22.3. The fraction of sp³-hybridized carbons (Fsp3) is 0.536. The minimum atomic E-state index is -1.11. The number of amides is 1. The molecule has 2 aromatic rings. The minimum Gasteiger partial charge on any atom is -0.508 e. The van der Waals surface area contributed by atoms with E-state index in [0.29, 0.717) is 24.3 Å². The van der Waals surface area contributed by atoms with Gasteiger partial charge in [0.15, 0.2) is 0 Å². The third kappa shape index (κ3) is 9.09. The van der Waals surface area contributed by atoms with Gasteiger partial charge in [-0.2, -0.15) is 0 Å². The van der Waals surface area contributed by atoms with Gasteiger partial charge in [0.05, 0.1) is 31.8 Å². The number of hydrogen-bond donors (Lipinski definition) is 7. The molecule has 0 saturated heterocycles. The lowest BCUT2D eigenvalue weighted by atomic mass is 9.78. The fourth-order valence-electron chi connectivity index (χ4n) is 3.31. The number of aliphatic hydroxyl groups is 4. The molecule has 0 aliphatic carbocycles. The largest absolute Gasteiger partial charge is 0.508 e. The first-order valence-electron chi connectivity index (χ1n) is 12.0. The molecule has 0 atom stereocenters. The van der Waals surface area contributed by atoms with E-state index < -0.39 is 31.8 Å². The Morgan fingerprint density at radius 3 is 1.50 bits per heavy atom. The van der Waals surface area contributed by atoms with Crippen molar-refractivity contribution in [2.45, 2.75) is 65.2 Å². The van der Waals surface area contributed by atoms with Crippen molar-refractivity contribution in [3.05, 3.63) is 53.1 Å². The van der Waals surface area contributed by atoms with Crippen LogP contribution in [-0.4, -0.2) is 63.0 Å². The van der Waals surface area contributed by atoms with Crippen LogP contribution in [0, 0.1) is 5.41 Å². The molecule has 1 amide bonds. The zero-order valence-electron chi connectivity index (χ0n) is 22.3. The molecular formula is C28H43NO7. The molecule has 0 aliphatic rings. The predicted molar refractivity (Wildman–Crippen MR) is 141 cm³/mol. The van der Waals surface area contributed by atoms with Gasteiger partial charge < -0.3 is 36.0 Å². The SMILES string of the molecule is CC(C)(C)c1cc(CCC(=O)Nc2ccc(O)cc2)cc(C(C)(C)C)c1O.OCC(CO)(CO)CO. The fourth-order valence-corrected chi connectivity index (χ4v) is 3.31. The molecule has 0 aliphatic heterocycles. The van der Waals surface area contributed by atoms with E-state index in [9.17, 15) is 15.0 Å². The summed E-state index contributed by atoms with van der Waals surface area (Å²) in [4.78, 5) is 12.3. The second-order valence-electron chi connectivity index (χ2n) is 11.3. The van der Waals surface area contributed by atoms with Crippen LogP contribution >= 0.6 is 0 Å². The number of carbonyl (C=O) groups is 1.